The first-order chi connectivity index (χ1) is 14.5. The lowest BCUT2D eigenvalue weighted by atomic mass is 9.92. The van der Waals surface area contributed by atoms with Gasteiger partial charge in [0.2, 0.25) is 15.9 Å². The van der Waals surface area contributed by atoms with E-state index in [-0.39, 0.29) is 6.09 Å². The molecular weight excluding hydrogens is 422 g/mol. The van der Waals surface area contributed by atoms with Crippen LogP contribution in [0.4, 0.5) is 10.7 Å². The molecule has 0 N–H and O–H groups in total. The van der Waals surface area contributed by atoms with Crippen molar-refractivity contribution in [2.24, 2.45) is 5.92 Å². The number of likely N-dealkylation sites (tertiary alicyclic amines) is 1. The first-order valence-electron chi connectivity index (χ1n) is 11.0. The van der Waals surface area contributed by atoms with Crippen LogP contribution in [-0.4, -0.2) is 85.0 Å². The van der Waals surface area contributed by atoms with Gasteiger partial charge in [0.05, 0.1) is 6.26 Å². The number of anilines is 1. The van der Waals surface area contributed by atoms with Crippen LogP contribution in [-0.2, 0) is 21.2 Å². The van der Waals surface area contributed by atoms with Crippen molar-refractivity contribution >= 4 is 22.1 Å². The van der Waals surface area contributed by atoms with Crippen molar-refractivity contribution in [1.82, 2.24) is 19.3 Å². The summed E-state index contributed by atoms with van der Waals surface area (Å²) < 4.78 is 35.6. The van der Waals surface area contributed by atoms with Crippen molar-refractivity contribution < 1.29 is 22.5 Å². The minimum atomic E-state index is -3.15. The predicted octanol–water partition coefficient (Wildman–Crippen LogP) is 2.12. The lowest BCUT2D eigenvalue weighted by Crippen LogP contribution is -2.48. The number of aryl methyl sites for hydroxylation is 1. The van der Waals surface area contributed by atoms with Crippen molar-refractivity contribution in [2.75, 3.05) is 50.4 Å². The molecule has 0 saturated carbocycles. The second kappa shape index (κ2) is 9.72. The van der Waals surface area contributed by atoms with Gasteiger partial charge in [-0.3, -0.25) is 0 Å². The van der Waals surface area contributed by atoms with E-state index in [1.54, 1.807) is 4.90 Å². The predicted molar refractivity (Wildman–Crippen MR) is 116 cm³/mol. The summed E-state index contributed by atoms with van der Waals surface area (Å²) in [5, 5.41) is 4.06. The minimum absolute atomic E-state index is 0.221. The molecule has 10 nitrogen and oxygen atoms in total. The number of carbonyl (C=O) groups is 1. The number of nitrogens with zero attached hydrogens (tertiary/aromatic N) is 5. The molecular formula is C20H35N5O5S. The number of ether oxygens (including phenoxy) is 1. The number of piperazine rings is 1. The lowest BCUT2D eigenvalue weighted by molar-refractivity contribution is 0.0180. The van der Waals surface area contributed by atoms with Gasteiger partial charge in [0.1, 0.15) is 5.60 Å². The molecule has 0 unspecified atom stereocenters. The van der Waals surface area contributed by atoms with Gasteiger partial charge in [-0.15, -0.1) is 0 Å². The van der Waals surface area contributed by atoms with Gasteiger partial charge in [0, 0.05) is 45.7 Å². The third kappa shape index (κ3) is 7.06. The number of amides is 1. The van der Waals surface area contributed by atoms with Crippen molar-refractivity contribution in [2.45, 2.75) is 58.5 Å². The van der Waals surface area contributed by atoms with Crippen LogP contribution in [0.2, 0.25) is 0 Å². The normalized spacial score (nSPS) is 19.6. The molecule has 2 fully saturated rings. The third-order valence-corrected chi connectivity index (χ3v) is 7.02. The van der Waals surface area contributed by atoms with Gasteiger partial charge < -0.3 is 19.1 Å². The van der Waals surface area contributed by atoms with Crippen LogP contribution >= 0.6 is 0 Å². The van der Waals surface area contributed by atoms with E-state index in [4.69, 9.17) is 9.26 Å². The fourth-order valence-corrected chi connectivity index (χ4v) is 4.79. The molecule has 31 heavy (non-hydrogen) atoms. The van der Waals surface area contributed by atoms with E-state index >= 15 is 0 Å². The smallest absolute Gasteiger partial charge is 0.410 e. The topological polar surface area (TPSA) is 109 Å². The largest absolute Gasteiger partial charge is 0.444 e. The Bertz CT molecular complexity index is 834. The highest BCUT2D eigenvalue weighted by atomic mass is 32.2. The summed E-state index contributed by atoms with van der Waals surface area (Å²) >= 11 is 0. The molecule has 1 aromatic heterocycles. The summed E-state index contributed by atoms with van der Waals surface area (Å²) in [4.78, 5) is 20.4. The lowest BCUT2D eigenvalue weighted by Gasteiger charge is -2.33. The van der Waals surface area contributed by atoms with Crippen LogP contribution in [0.1, 0.15) is 52.3 Å². The Morgan fingerprint density at radius 3 is 2.35 bits per heavy atom. The van der Waals surface area contributed by atoms with E-state index < -0.39 is 15.6 Å². The summed E-state index contributed by atoms with van der Waals surface area (Å²) in [6.07, 6.45) is 5.73. The quantitative estimate of drug-likeness (QED) is 0.639. The van der Waals surface area contributed by atoms with E-state index in [0.29, 0.717) is 43.9 Å². The maximum Gasteiger partial charge on any atom is 0.410 e. The second-order valence-corrected chi connectivity index (χ2v) is 11.4. The van der Waals surface area contributed by atoms with E-state index in [1.807, 2.05) is 25.7 Å². The number of hydrogen-bond donors (Lipinski definition) is 0. The van der Waals surface area contributed by atoms with Crippen molar-refractivity contribution in [1.29, 1.82) is 0 Å². The molecule has 2 aliphatic heterocycles. The average Bonchev–Trinajstić information content (AvgIpc) is 3.15. The zero-order chi connectivity index (χ0) is 22.6. The third-order valence-electron chi connectivity index (χ3n) is 5.72. The highest BCUT2D eigenvalue weighted by Crippen LogP contribution is 2.24. The molecule has 11 heteroatoms. The molecule has 1 amide bonds. The number of piperidine rings is 1. The van der Waals surface area contributed by atoms with Gasteiger partial charge in [-0.25, -0.2) is 13.2 Å². The number of sulfonamides is 1. The van der Waals surface area contributed by atoms with Gasteiger partial charge in [0.25, 0.3) is 5.95 Å². The monoisotopic (exact) mass is 457 g/mol. The van der Waals surface area contributed by atoms with Crippen LogP contribution in [0.5, 0.6) is 0 Å². The number of hydrogen-bond acceptors (Lipinski definition) is 8. The fourth-order valence-electron chi connectivity index (χ4n) is 3.97. The van der Waals surface area contributed by atoms with Crippen LogP contribution in [0.15, 0.2) is 4.52 Å². The Morgan fingerprint density at radius 2 is 1.77 bits per heavy atom. The molecule has 1 aromatic rings. The Balaban J connectivity index is 1.36. The molecule has 0 aromatic carbocycles. The van der Waals surface area contributed by atoms with E-state index in [1.165, 1.54) is 10.6 Å². The molecule has 0 spiro atoms. The van der Waals surface area contributed by atoms with Gasteiger partial charge in [-0.2, -0.15) is 9.29 Å². The van der Waals surface area contributed by atoms with Crippen LogP contribution < -0.4 is 4.90 Å². The maximum absolute atomic E-state index is 12.2. The zero-order valence-corrected chi connectivity index (χ0v) is 19.9. The Labute approximate surface area is 184 Å². The van der Waals surface area contributed by atoms with Crippen LogP contribution in [0.25, 0.3) is 0 Å². The maximum atomic E-state index is 12.2. The highest BCUT2D eigenvalue weighted by Gasteiger charge is 2.28. The van der Waals surface area contributed by atoms with E-state index in [0.717, 1.165) is 45.2 Å². The highest BCUT2D eigenvalue weighted by molar-refractivity contribution is 7.88. The Kier molecular flexibility index (Phi) is 7.46. The first-order valence-corrected chi connectivity index (χ1v) is 12.9. The molecule has 3 heterocycles. The Hall–Kier alpha value is -1.88. The summed E-state index contributed by atoms with van der Waals surface area (Å²) in [6, 6.07) is 0. The average molecular weight is 458 g/mol. The molecule has 0 radical (unpaired) electrons. The molecule has 0 aliphatic carbocycles. The number of aromatic nitrogens is 2. The molecule has 2 aliphatic rings. The van der Waals surface area contributed by atoms with Gasteiger partial charge in [-0.1, -0.05) is 0 Å². The van der Waals surface area contributed by atoms with Crippen molar-refractivity contribution in [3.05, 3.63) is 5.89 Å². The first kappa shape index (κ1) is 23.8. The minimum Gasteiger partial charge on any atom is -0.444 e. The van der Waals surface area contributed by atoms with Crippen molar-refractivity contribution in [3.63, 3.8) is 0 Å². The van der Waals surface area contributed by atoms with Gasteiger partial charge in [-0.05, 0) is 57.5 Å². The summed E-state index contributed by atoms with van der Waals surface area (Å²) in [6.45, 7) is 9.12. The summed E-state index contributed by atoms with van der Waals surface area (Å²) in [5.41, 5.74) is -0.460. The molecule has 2 saturated heterocycles. The second-order valence-electron chi connectivity index (χ2n) is 9.44. The Morgan fingerprint density at radius 1 is 1.13 bits per heavy atom. The number of carbonyl (C=O) groups excluding carboxylic acids is 1. The van der Waals surface area contributed by atoms with E-state index in [2.05, 4.69) is 10.1 Å². The zero-order valence-electron chi connectivity index (χ0n) is 19.0. The molecule has 3 rings (SSSR count). The SMILES string of the molecule is CC(C)(C)OC(=O)N1CCC(CCCc2nc(N3CCN(S(C)(=O)=O)CC3)no2)CC1. The number of rotatable bonds is 6. The fraction of sp³-hybridized carbons (Fsp3) is 0.850. The molecule has 0 bridgehead atoms. The summed E-state index contributed by atoms with van der Waals surface area (Å²) in [5.74, 6) is 1.74. The van der Waals surface area contributed by atoms with Crippen LogP contribution in [0, 0.1) is 5.92 Å². The summed E-state index contributed by atoms with van der Waals surface area (Å²) in [7, 11) is -3.15. The molecule has 0 atom stereocenters. The van der Waals surface area contributed by atoms with Crippen LogP contribution in [0.3, 0.4) is 0 Å². The van der Waals surface area contributed by atoms with Gasteiger partial charge in [0.15, 0.2) is 0 Å². The van der Waals surface area contributed by atoms with E-state index in [9.17, 15) is 13.2 Å². The van der Waals surface area contributed by atoms with Crippen molar-refractivity contribution in [3.8, 4) is 0 Å². The molecule has 176 valence electrons. The standard InChI is InChI=1S/C20H35N5O5S/c1-20(2,3)29-19(26)24-10-8-16(9-11-24)6-5-7-17-21-18(22-30-17)23-12-14-25(15-13-23)31(4,27)28/h16H,5-15H2,1-4H3. The van der Waals surface area contributed by atoms with Gasteiger partial charge >= 0.3 is 6.09 Å².